The first kappa shape index (κ1) is 14.8. The number of hydrogen-bond donors (Lipinski definition) is 2. The van der Waals surface area contributed by atoms with Gasteiger partial charge in [0, 0.05) is 16.0 Å². The van der Waals surface area contributed by atoms with Crippen molar-refractivity contribution in [2.75, 3.05) is 6.54 Å². The van der Waals surface area contributed by atoms with Crippen molar-refractivity contribution in [2.24, 2.45) is 5.73 Å². The molecule has 1 heterocycles. The number of nitrogens with two attached hydrogens (primary N) is 1. The van der Waals surface area contributed by atoms with Gasteiger partial charge in [-0.05, 0) is 35.7 Å². The smallest absolute Gasteiger partial charge is 0.251 e. The maximum absolute atomic E-state index is 12.0. The Morgan fingerprint density at radius 2 is 2.05 bits per heavy atom. The molecule has 1 amide bonds. The van der Waals surface area contributed by atoms with E-state index in [1.807, 2.05) is 17.5 Å². The lowest BCUT2D eigenvalue weighted by atomic mass is 10.1. The Morgan fingerprint density at radius 1 is 1.29 bits per heavy atom. The minimum absolute atomic E-state index is 0.175. The van der Waals surface area contributed by atoms with Crippen LogP contribution >= 0.6 is 11.3 Å². The number of carbonyl (C=O) groups is 1. The van der Waals surface area contributed by atoms with Crippen LogP contribution in [0.15, 0.2) is 35.7 Å². The molecule has 2 aromatic rings. The Morgan fingerprint density at radius 3 is 2.71 bits per heavy atom. The number of carbonyl (C=O) groups excluding carboxylic acids is 1. The fraction of sp³-hybridized carbons (Fsp3) is 0.125. The van der Waals surface area contributed by atoms with Gasteiger partial charge in [0.2, 0.25) is 0 Å². The average Bonchev–Trinajstić information content (AvgIpc) is 2.98. The van der Waals surface area contributed by atoms with Crippen molar-refractivity contribution in [1.29, 1.82) is 5.26 Å². The van der Waals surface area contributed by atoms with E-state index in [9.17, 15) is 4.79 Å². The third-order valence-electron chi connectivity index (χ3n) is 2.76. The predicted molar refractivity (Wildman–Crippen MR) is 82.6 cm³/mol. The van der Waals surface area contributed by atoms with Crippen molar-refractivity contribution in [3.05, 3.63) is 57.3 Å². The highest BCUT2D eigenvalue weighted by atomic mass is 32.1. The van der Waals surface area contributed by atoms with Crippen LogP contribution in [-0.4, -0.2) is 12.5 Å². The molecule has 0 aliphatic heterocycles. The van der Waals surface area contributed by atoms with Crippen molar-refractivity contribution in [1.82, 2.24) is 5.32 Å². The van der Waals surface area contributed by atoms with Gasteiger partial charge >= 0.3 is 0 Å². The van der Waals surface area contributed by atoms with Gasteiger partial charge in [0.1, 0.15) is 0 Å². The second kappa shape index (κ2) is 7.25. The predicted octanol–water partition coefficient (Wildman–Crippen LogP) is 1.86. The Bertz CT molecular complexity index is 729. The van der Waals surface area contributed by atoms with E-state index in [1.54, 1.807) is 35.6 Å². The maximum atomic E-state index is 12.0. The van der Waals surface area contributed by atoms with E-state index in [4.69, 9.17) is 11.0 Å². The molecule has 5 heteroatoms. The van der Waals surface area contributed by atoms with Crippen LogP contribution in [0.4, 0.5) is 0 Å². The van der Waals surface area contributed by atoms with Crippen LogP contribution in [0.1, 0.15) is 26.4 Å². The molecule has 0 saturated heterocycles. The Labute approximate surface area is 127 Å². The molecule has 21 heavy (non-hydrogen) atoms. The lowest BCUT2D eigenvalue weighted by Gasteiger charge is -2.04. The summed E-state index contributed by atoms with van der Waals surface area (Å²) in [6, 6.07) is 10.5. The molecular formula is C16H13N3OS. The van der Waals surface area contributed by atoms with E-state index in [-0.39, 0.29) is 5.91 Å². The zero-order valence-corrected chi connectivity index (χ0v) is 12.0. The molecule has 0 spiro atoms. The number of nitriles is 1. The van der Waals surface area contributed by atoms with Gasteiger partial charge in [-0.1, -0.05) is 11.8 Å². The van der Waals surface area contributed by atoms with Crippen LogP contribution in [0, 0.1) is 23.2 Å². The van der Waals surface area contributed by atoms with Gasteiger partial charge in [0.15, 0.2) is 0 Å². The molecule has 0 saturated carbocycles. The van der Waals surface area contributed by atoms with Crippen LogP contribution in [0.3, 0.4) is 0 Å². The summed E-state index contributed by atoms with van der Waals surface area (Å²) < 4.78 is 0. The Balaban J connectivity index is 2.01. The second-order valence-electron chi connectivity index (χ2n) is 4.14. The van der Waals surface area contributed by atoms with Gasteiger partial charge in [-0.3, -0.25) is 4.79 Å². The molecule has 0 unspecified atom stereocenters. The highest BCUT2D eigenvalue weighted by Crippen LogP contribution is 2.15. The molecule has 0 aliphatic carbocycles. The third kappa shape index (κ3) is 3.93. The Kier molecular flexibility index (Phi) is 5.11. The van der Waals surface area contributed by atoms with Crippen LogP contribution < -0.4 is 11.1 Å². The molecule has 0 radical (unpaired) electrons. The van der Waals surface area contributed by atoms with Crippen LogP contribution in [0.25, 0.3) is 0 Å². The van der Waals surface area contributed by atoms with E-state index in [2.05, 4.69) is 17.2 Å². The summed E-state index contributed by atoms with van der Waals surface area (Å²) in [5, 5.41) is 13.5. The van der Waals surface area contributed by atoms with Crippen LogP contribution in [-0.2, 0) is 6.54 Å². The minimum atomic E-state index is -0.175. The first-order valence-electron chi connectivity index (χ1n) is 6.28. The van der Waals surface area contributed by atoms with Crippen molar-refractivity contribution in [3.8, 4) is 17.9 Å². The first-order chi connectivity index (χ1) is 10.2. The molecule has 1 aromatic carbocycles. The molecule has 0 bridgehead atoms. The highest BCUT2D eigenvalue weighted by molar-refractivity contribution is 7.10. The molecule has 0 atom stereocenters. The topological polar surface area (TPSA) is 78.9 Å². The van der Waals surface area contributed by atoms with E-state index < -0.39 is 0 Å². The fourth-order valence-corrected chi connectivity index (χ4v) is 2.46. The molecule has 0 aliphatic rings. The van der Waals surface area contributed by atoms with E-state index >= 15 is 0 Å². The van der Waals surface area contributed by atoms with Crippen LogP contribution in [0.5, 0.6) is 0 Å². The second-order valence-corrected chi connectivity index (χ2v) is 5.14. The normalized spacial score (nSPS) is 9.33. The van der Waals surface area contributed by atoms with Crippen molar-refractivity contribution >= 4 is 17.2 Å². The number of hydrogen-bond acceptors (Lipinski definition) is 4. The van der Waals surface area contributed by atoms with E-state index in [1.165, 1.54) is 0 Å². The van der Waals surface area contributed by atoms with E-state index in [0.29, 0.717) is 24.2 Å². The summed E-state index contributed by atoms with van der Waals surface area (Å²) in [5.41, 5.74) is 7.31. The summed E-state index contributed by atoms with van der Waals surface area (Å²) in [6.07, 6.45) is 0. The number of nitrogens with one attached hydrogen (secondary N) is 1. The quantitative estimate of drug-likeness (QED) is 0.848. The number of benzene rings is 1. The molecule has 1 aromatic heterocycles. The number of thiophene rings is 1. The lowest BCUT2D eigenvalue weighted by molar-refractivity contribution is 0.0951. The van der Waals surface area contributed by atoms with Gasteiger partial charge in [-0.25, -0.2) is 0 Å². The SMILES string of the molecule is N#Cc1ccc(C(=O)NCc2sccc2C#CCN)cc1. The summed E-state index contributed by atoms with van der Waals surface area (Å²) >= 11 is 1.54. The number of rotatable bonds is 3. The standard InChI is InChI=1S/C16H13N3OS/c17-8-1-2-13-7-9-21-15(13)11-19-16(20)14-5-3-12(10-18)4-6-14/h3-7,9H,8,11,17H2,(H,19,20). The zero-order chi connectivity index (χ0) is 15.1. The first-order valence-corrected chi connectivity index (χ1v) is 7.16. The van der Waals surface area contributed by atoms with Gasteiger partial charge in [0.05, 0.1) is 24.7 Å². The minimum Gasteiger partial charge on any atom is -0.347 e. The molecule has 2 rings (SSSR count). The lowest BCUT2D eigenvalue weighted by Crippen LogP contribution is -2.22. The van der Waals surface area contributed by atoms with E-state index in [0.717, 1.165) is 10.4 Å². The van der Waals surface area contributed by atoms with Crippen molar-refractivity contribution in [2.45, 2.75) is 6.54 Å². The largest absolute Gasteiger partial charge is 0.347 e. The summed E-state index contributed by atoms with van der Waals surface area (Å²) in [4.78, 5) is 13.0. The molecule has 3 N–H and O–H groups in total. The molecule has 0 fully saturated rings. The van der Waals surface area contributed by atoms with Gasteiger partial charge in [0.25, 0.3) is 5.91 Å². The van der Waals surface area contributed by atoms with Crippen molar-refractivity contribution in [3.63, 3.8) is 0 Å². The van der Waals surface area contributed by atoms with Crippen LogP contribution in [0.2, 0.25) is 0 Å². The zero-order valence-electron chi connectivity index (χ0n) is 11.2. The summed E-state index contributed by atoms with van der Waals surface area (Å²) in [7, 11) is 0. The monoisotopic (exact) mass is 295 g/mol. The molecular weight excluding hydrogens is 282 g/mol. The van der Waals surface area contributed by atoms with Gasteiger partial charge < -0.3 is 11.1 Å². The van der Waals surface area contributed by atoms with Gasteiger partial charge in [-0.2, -0.15) is 5.26 Å². The fourth-order valence-electron chi connectivity index (χ4n) is 1.69. The summed E-state index contributed by atoms with van der Waals surface area (Å²) in [5.74, 6) is 5.61. The average molecular weight is 295 g/mol. The highest BCUT2D eigenvalue weighted by Gasteiger charge is 2.07. The van der Waals surface area contributed by atoms with Crippen molar-refractivity contribution < 1.29 is 4.79 Å². The Hall–Kier alpha value is -2.60. The van der Waals surface area contributed by atoms with Gasteiger partial charge in [-0.15, -0.1) is 11.3 Å². The third-order valence-corrected chi connectivity index (χ3v) is 3.68. The number of amides is 1. The molecule has 4 nitrogen and oxygen atoms in total. The maximum Gasteiger partial charge on any atom is 0.251 e. The summed E-state index contributed by atoms with van der Waals surface area (Å²) in [6.45, 7) is 0.734. The number of nitrogens with zero attached hydrogens (tertiary/aromatic N) is 1. The molecule has 104 valence electrons.